The second-order valence-electron chi connectivity index (χ2n) is 4.23. The Labute approximate surface area is 112 Å². The molecule has 0 atom stereocenters. The van der Waals surface area contributed by atoms with Crippen LogP contribution in [0.1, 0.15) is 18.9 Å². The standard InChI is InChI=1S/C12H13BrN2OS/c1-12(2,13)11(16)14-7-10-15-8-5-3-4-6-9(8)17-10/h3-6H,7H2,1-2H3,(H,14,16). The van der Waals surface area contributed by atoms with E-state index in [1.54, 1.807) is 11.3 Å². The topological polar surface area (TPSA) is 42.0 Å². The number of thiazole rings is 1. The number of carbonyl (C=O) groups is 1. The Morgan fingerprint density at radius 3 is 2.82 bits per heavy atom. The molecule has 5 heteroatoms. The molecule has 2 rings (SSSR count). The highest BCUT2D eigenvalue weighted by molar-refractivity contribution is 9.10. The summed E-state index contributed by atoms with van der Waals surface area (Å²) in [6.07, 6.45) is 0. The Morgan fingerprint density at radius 1 is 1.47 bits per heavy atom. The van der Waals surface area contributed by atoms with Gasteiger partial charge in [0.2, 0.25) is 5.91 Å². The molecule has 0 aliphatic rings. The zero-order valence-corrected chi connectivity index (χ0v) is 12.1. The molecule has 0 aliphatic carbocycles. The maximum Gasteiger partial charge on any atom is 0.236 e. The summed E-state index contributed by atoms with van der Waals surface area (Å²) in [6, 6.07) is 7.97. The minimum Gasteiger partial charge on any atom is -0.348 e. The Bertz CT molecular complexity index is 512. The predicted molar refractivity (Wildman–Crippen MR) is 74.5 cm³/mol. The molecular weight excluding hydrogens is 300 g/mol. The van der Waals surface area contributed by atoms with E-state index in [0.717, 1.165) is 15.2 Å². The van der Waals surface area contributed by atoms with Gasteiger partial charge in [0.05, 0.1) is 21.1 Å². The zero-order chi connectivity index (χ0) is 12.5. The van der Waals surface area contributed by atoms with Crippen LogP contribution in [-0.4, -0.2) is 15.2 Å². The maximum absolute atomic E-state index is 11.7. The van der Waals surface area contributed by atoms with Crippen LogP contribution >= 0.6 is 27.3 Å². The monoisotopic (exact) mass is 312 g/mol. The van der Waals surface area contributed by atoms with E-state index in [4.69, 9.17) is 0 Å². The number of para-hydroxylation sites is 1. The number of carbonyl (C=O) groups excluding carboxylic acids is 1. The van der Waals surface area contributed by atoms with Gasteiger partial charge in [0.1, 0.15) is 5.01 Å². The van der Waals surface area contributed by atoms with Gasteiger partial charge in [-0.05, 0) is 26.0 Å². The van der Waals surface area contributed by atoms with Gasteiger partial charge >= 0.3 is 0 Å². The first-order valence-corrected chi connectivity index (χ1v) is 6.89. The largest absolute Gasteiger partial charge is 0.348 e. The van der Waals surface area contributed by atoms with Gasteiger partial charge in [-0.25, -0.2) is 4.98 Å². The quantitative estimate of drug-likeness (QED) is 0.885. The number of alkyl halides is 1. The van der Waals surface area contributed by atoms with Crippen LogP contribution in [-0.2, 0) is 11.3 Å². The Morgan fingerprint density at radius 2 is 2.18 bits per heavy atom. The van der Waals surface area contributed by atoms with Gasteiger partial charge in [-0.1, -0.05) is 28.1 Å². The number of halogens is 1. The first kappa shape index (κ1) is 12.5. The maximum atomic E-state index is 11.7. The average Bonchev–Trinajstić information content (AvgIpc) is 2.66. The van der Waals surface area contributed by atoms with E-state index in [9.17, 15) is 4.79 Å². The molecule has 0 fully saturated rings. The second-order valence-corrected chi connectivity index (χ2v) is 7.33. The van der Waals surface area contributed by atoms with Gasteiger partial charge in [-0.15, -0.1) is 11.3 Å². The van der Waals surface area contributed by atoms with E-state index in [1.807, 2.05) is 38.1 Å². The fourth-order valence-corrected chi connectivity index (χ4v) is 2.41. The molecule has 1 heterocycles. The predicted octanol–water partition coefficient (Wildman–Crippen LogP) is 3.09. The lowest BCUT2D eigenvalue weighted by Crippen LogP contribution is -2.36. The normalized spacial score (nSPS) is 11.7. The molecule has 2 aromatic rings. The molecule has 0 radical (unpaired) electrons. The van der Waals surface area contributed by atoms with Crippen LogP contribution in [0.2, 0.25) is 0 Å². The fraction of sp³-hybridized carbons (Fsp3) is 0.333. The number of fused-ring (bicyclic) bond motifs is 1. The van der Waals surface area contributed by atoms with E-state index in [1.165, 1.54) is 0 Å². The third-order valence-corrected chi connectivity index (χ3v) is 3.67. The molecule has 0 unspecified atom stereocenters. The van der Waals surface area contributed by atoms with E-state index in [-0.39, 0.29) is 5.91 Å². The summed E-state index contributed by atoms with van der Waals surface area (Å²) < 4.78 is 0.610. The van der Waals surface area contributed by atoms with Gasteiger partial charge in [-0.3, -0.25) is 4.79 Å². The lowest BCUT2D eigenvalue weighted by molar-refractivity contribution is -0.122. The smallest absolute Gasteiger partial charge is 0.236 e. The van der Waals surface area contributed by atoms with E-state index < -0.39 is 4.32 Å². The Kier molecular flexibility index (Phi) is 3.49. The fourth-order valence-electron chi connectivity index (χ4n) is 1.36. The molecule has 0 saturated heterocycles. The van der Waals surface area contributed by atoms with Crippen molar-refractivity contribution >= 4 is 43.4 Å². The lowest BCUT2D eigenvalue weighted by Gasteiger charge is -2.14. The number of hydrogen-bond donors (Lipinski definition) is 1. The number of nitrogens with one attached hydrogen (secondary N) is 1. The highest BCUT2D eigenvalue weighted by atomic mass is 79.9. The zero-order valence-electron chi connectivity index (χ0n) is 9.66. The highest BCUT2D eigenvalue weighted by Gasteiger charge is 2.23. The van der Waals surface area contributed by atoms with Crippen molar-refractivity contribution in [1.82, 2.24) is 10.3 Å². The van der Waals surface area contributed by atoms with Gasteiger partial charge in [0.25, 0.3) is 0 Å². The summed E-state index contributed by atoms with van der Waals surface area (Å²) in [5, 5.41) is 3.79. The van der Waals surface area contributed by atoms with Crippen molar-refractivity contribution in [3.05, 3.63) is 29.3 Å². The summed E-state index contributed by atoms with van der Waals surface area (Å²) in [6.45, 7) is 4.12. The minimum absolute atomic E-state index is 0.0308. The first-order valence-electron chi connectivity index (χ1n) is 5.28. The van der Waals surface area contributed by atoms with Crippen molar-refractivity contribution in [1.29, 1.82) is 0 Å². The Hall–Kier alpha value is -0.940. The van der Waals surface area contributed by atoms with Gasteiger partial charge < -0.3 is 5.32 Å². The number of benzene rings is 1. The number of amides is 1. The highest BCUT2D eigenvalue weighted by Crippen LogP contribution is 2.22. The number of hydrogen-bond acceptors (Lipinski definition) is 3. The summed E-state index contributed by atoms with van der Waals surface area (Å²) in [4.78, 5) is 16.1. The van der Waals surface area contributed by atoms with Crippen LogP contribution < -0.4 is 5.32 Å². The van der Waals surface area contributed by atoms with Crippen molar-refractivity contribution in [2.24, 2.45) is 0 Å². The van der Waals surface area contributed by atoms with E-state index >= 15 is 0 Å². The number of aromatic nitrogens is 1. The molecule has 1 aromatic heterocycles. The molecule has 90 valence electrons. The van der Waals surface area contributed by atoms with Crippen molar-refractivity contribution in [3.8, 4) is 0 Å². The van der Waals surface area contributed by atoms with Gasteiger partial charge in [0, 0.05) is 0 Å². The van der Waals surface area contributed by atoms with E-state index in [0.29, 0.717) is 6.54 Å². The molecule has 3 nitrogen and oxygen atoms in total. The van der Waals surface area contributed by atoms with Crippen molar-refractivity contribution in [3.63, 3.8) is 0 Å². The average molecular weight is 313 g/mol. The van der Waals surface area contributed by atoms with Crippen molar-refractivity contribution in [2.75, 3.05) is 0 Å². The van der Waals surface area contributed by atoms with Gasteiger partial charge in [-0.2, -0.15) is 0 Å². The molecule has 0 spiro atoms. The van der Waals surface area contributed by atoms with Crippen molar-refractivity contribution in [2.45, 2.75) is 24.7 Å². The summed E-state index contributed by atoms with van der Waals surface area (Å²) in [5.74, 6) is -0.0308. The van der Waals surface area contributed by atoms with Crippen LogP contribution in [0.4, 0.5) is 0 Å². The van der Waals surface area contributed by atoms with Crippen LogP contribution in [0.5, 0.6) is 0 Å². The minimum atomic E-state index is -0.538. The number of nitrogens with zero attached hydrogens (tertiary/aromatic N) is 1. The molecule has 0 aliphatic heterocycles. The molecule has 1 aromatic carbocycles. The molecular formula is C12H13BrN2OS. The van der Waals surface area contributed by atoms with Crippen LogP contribution in [0.3, 0.4) is 0 Å². The first-order chi connectivity index (χ1) is 7.97. The second kappa shape index (κ2) is 4.74. The molecule has 0 saturated carbocycles. The molecule has 0 bridgehead atoms. The van der Waals surface area contributed by atoms with Crippen LogP contribution in [0.25, 0.3) is 10.2 Å². The molecule has 1 amide bonds. The molecule has 17 heavy (non-hydrogen) atoms. The van der Waals surface area contributed by atoms with E-state index in [2.05, 4.69) is 26.2 Å². The SMILES string of the molecule is CC(C)(Br)C(=O)NCc1nc2ccccc2s1. The summed E-state index contributed by atoms with van der Waals surface area (Å²) >= 11 is 4.93. The third-order valence-electron chi connectivity index (χ3n) is 2.28. The van der Waals surface area contributed by atoms with Crippen LogP contribution in [0, 0.1) is 0 Å². The lowest BCUT2D eigenvalue weighted by atomic mass is 10.2. The summed E-state index contributed by atoms with van der Waals surface area (Å²) in [5.41, 5.74) is 0.986. The van der Waals surface area contributed by atoms with Crippen LogP contribution in [0.15, 0.2) is 24.3 Å². The molecule has 1 N–H and O–H groups in total. The third kappa shape index (κ3) is 3.04. The summed E-state index contributed by atoms with van der Waals surface area (Å²) in [7, 11) is 0. The Balaban J connectivity index is 2.07. The van der Waals surface area contributed by atoms with Gasteiger partial charge in [0.15, 0.2) is 0 Å². The van der Waals surface area contributed by atoms with Crippen molar-refractivity contribution < 1.29 is 4.79 Å². The number of rotatable bonds is 3.